The molecule has 1 heterocycles. The van der Waals surface area contributed by atoms with Gasteiger partial charge in [-0.2, -0.15) is 5.10 Å². The molecule has 0 bridgehead atoms. The fraction of sp³-hybridized carbons (Fsp3) is 0.125. The van der Waals surface area contributed by atoms with Gasteiger partial charge in [0.25, 0.3) is 5.91 Å². The molecule has 0 spiro atoms. The van der Waals surface area contributed by atoms with Crippen LogP contribution >= 0.6 is 23.1 Å². The lowest BCUT2D eigenvalue weighted by Gasteiger charge is -2.09. The first kappa shape index (κ1) is 21.1. The van der Waals surface area contributed by atoms with E-state index in [1.165, 1.54) is 17.3 Å². The number of ether oxygens (including phenoxy) is 1. The van der Waals surface area contributed by atoms with Gasteiger partial charge < -0.3 is 4.74 Å². The highest BCUT2D eigenvalue weighted by molar-refractivity contribution is 8.01. The van der Waals surface area contributed by atoms with Gasteiger partial charge in [0, 0.05) is 5.56 Å². The Labute approximate surface area is 189 Å². The van der Waals surface area contributed by atoms with Gasteiger partial charge in [0.1, 0.15) is 12.4 Å². The molecule has 0 atom stereocenters. The van der Waals surface area contributed by atoms with Crippen LogP contribution in [-0.4, -0.2) is 22.9 Å². The molecular weight excluding hydrogens is 426 g/mol. The maximum atomic E-state index is 12.1. The Morgan fingerprint density at radius 2 is 1.87 bits per heavy atom. The van der Waals surface area contributed by atoms with Crippen LogP contribution in [0.5, 0.6) is 5.75 Å². The average Bonchev–Trinajstić information content (AvgIpc) is 3.21. The number of thiazole rings is 1. The number of amides is 1. The second-order valence-corrected chi connectivity index (χ2v) is 9.09. The zero-order valence-corrected chi connectivity index (χ0v) is 18.6. The average molecular weight is 448 g/mol. The number of fused-ring (bicyclic) bond motifs is 1. The summed E-state index contributed by atoms with van der Waals surface area (Å²) in [6, 6.07) is 23.8. The predicted octanol–water partition coefficient (Wildman–Crippen LogP) is 5.43. The van der Waals surface area contributed by atoms with Crippen LogP contribution in [0.25, 0.3) is 10.2 Å². The molecule has 0 unspecified atom stereocenters. The van der Waals surface area contributed by atoms with Crippen molar-refractivity contribution in [2.24, 2.45) is 5.10 Å². The standard InChI is InChI=1S/C24H21N3O2S2/c1-17-10-12-18(13-11-17)15-29-21-8-4-2-6-19(21)14-25-27-23(28)16-30-24-26-20-7-3-5-9-22(20)31-24/h2-14H,15-16H2,1H3,(H,27,28)/b25-14-. The number of benzene rings is 3. The summed E-state index contributed by atoms with van der Waals surface area (Å²) >= 11 is 2.99. The Kier molecular flexibility index (Phi) is 6.96. The van der Waals surface area contributed by atoms with Crippen LogP contribution in [0, 0.1) is 6.92 Å². The molecule has 7 heteroatoms. The molecule has 156 valence electrons. The first-order chi connectivity index (χ1) is 15.2. The molecule has 0 fully saturated rings. The third-order valence-electron chi connectivity index (χ3n) is 4.43. The number of aromatic nitrogens is 1. The summed E-state index contributed by atoms with van der Waals surface area (Å²) in [5.74, 6) is 0.784. The van der Waals surface area contributed by atoms with E-state index in [0.717, 1.165) is 25.7 Å². The fourth-order valence-corrected chi connectivity index (χ4v) is 4.67. The molecule has 0 saturated heterocycles. The molecular formula is C24H21N3O2S2. The molecule has 31 heavy (non-hydrogen) atoms. The number of para-hydroxylation sites is 2. The Hall–Kier alpha value is -3.16. The number of aryl methyl sites for hydroxylation is 1. The Morgan fingerprint density at radius 1 is 1.10 bits per heavy atom. The smallest absolute Gasteiger partial charge is 0.250 e. The van der Waals surface area contributed by atoms with Gasteiger partial charge in [-0.25, -0.2) is 10.4 Å². The van der Waals surface area contributed by atoms with E-state index in [1.807, 2.05) is 48.5 Å². The van der Waals surface area contributed by atoms with Gasteiger partial charge in [-0.05, 0) is 36.8 Å². The van der Waals surface area contributed by atoms with Gasteiger partial charge in [-0.1, -0.05) is 65.9 Å². The molecule has 1 N–H and O–H groups in total. The summed E-state index contributed by atoms with van der Waals surface area (Å²) in [4.78, 5) is 16.7. The second kappa shape index (κ2) is 10.2. The maximum absolute atomic E-state index is 12.1. The molecule has 0 radical (unpaired) electrons. The SMILES string of the molecule is Cc1ccc(COc2ccccc2/C=N\NC(=O)CSc2nc3ccccc3s2)cc1. The van der Waals surface area contributed by atoms with Crippen molar-refractivity contribution in [3.05, 3.63) is 89.5 Å². The molecule has 3 aromatic carbocycles. The minimum atomic E-state index is -0.182. The van der Waals surface area contributed by atoms with E-state index >= 15 is 0 Å². The summed E-state index contributed by atoms with van der Waals surface area (Å²) in [6.45, 7) is 2.53. The Morgan fingerprint density at radius 3 is 2.71 bits per heavy atom. The monoisotopic (exact) mass is 447 g/mol. The summed E-state index contributed by atoms with van der Waals surface area (Å²) in [6.07, 6.45) is 1.60. The molecule has 0 saturated carbocycles. The van der Waals surface area contributed by atoms with Crippen molar-refractivity contribution in [1.29, 1.82) is 0 Å². The number of nitrogens with zero attached hydrogens (tertiary/aromatic N) is 2. The zero-order valence-electron chi connectivity index (χ0n) is 16.9. The maximum Gasteiger partial charge on any atom is 0.250 e. The zero-order chi connectivity index (χ0) is 21.5. The first-order valence-electron chi connectivity index (χ1n) is 9.75. The molecule has 0 aliphatic rings. The van der Waals surface area contributed by atoms with E-state index in [9.17, 15) is 4.79 Å². The van der Waals surface area contributed by atoms with Gasteiger partial charge in [0.2, 0.25) is 0 Å². The van der Waals surface area contributed by atoms with Crippen LogP contribution in [0.2, 0.25) is 0 Å². The third-order valence-corrected chi connectivity index (χ3v) is 6.61. The highest BCUT2D eigenvalue weighted by Gasteiger charge is 2.07. The molecule has 0 aliphatic heterocycles. The topological polar surface area (TPSA) is 63.6 Å². The van der Waals surface area contributed by atoms with E-state index in [0.29, 0.717) is 12.4 Å². The number of nitrogens with one attached hydrogen (secondary N) is 1. The minimum absolute atomic E-state index is 0.182. The molecule has 0 aliphatic carbocycles. The molecule has 5 nitrogen and oxygen atoms in total. The van der Waals surface area contributed by atoms with Crippen LogP contribution in [0.15, 0.2) is 82.2 Å². The predicted molar refractivity (Wildman–Crippen MR) is 128 cm³/mol. The molecule has 4 rings (SSSR count). The largest absolute Gasteiger partial charge is 0.488 e. The highest BCUT2D eigenvalue weighted by Crippen LogP contribution is 2.29. The van der Waals surface area contributed by atoms with Gasteiger partial charge in [0.15, 0.2) is 4.34 Å². The van der Waals surface area contributed by atoms with Crippen molar-refractivity contribution in [3.8, 4) is 5.75 Å². The number of hydrogen-bond acceptors (Lipinski definition) is 6. The number of thioether (sulfide) groups is 1. The van der Waals surface area contributed by atoms with Gasteiger partial charge in [-0.3, -0.25) is 4.79 Å². The normalized spacial score (nSPS) is 11.1. The van der Waals surface area contributed by atoms with Crippen LogP contribution in [0.1, 0.15) is 16.7 Å². The van der Waals surface area contributed by atoms with Gasteiger partial charge >= 0.3 is 0 Å². The van der Waals surface area contributed by atoms with Crippen molar-refractivity contribution in [2.45, 2.75) is 17.9 Å². The molecule has 1 aromatic heterocycles. The van der Waals surface area contributed by atoms with Crippen molar-refractivity contribution >= 4 is 45.4 Å². The molecule has 4 aromatic rings. The summed E-state index contributed by atoms with van der Waals surface area (Å²) in [5, 5.41) is 4.09. The van der Waals surface area contributed by atoms with E-state index in [2.05, 4.69) is 46.7 Å². The second-order valence-electron chi connectivity index (χ2n) is 6.84. The lowest BCUT2D eigenvalue weighted by Crippen LogP contribution is -2.19. The summed E-state index contributed by atoms with van der Waals surface area (Å²) < 4.78 is 7.93. The van der Waals surface area contributed by atoms with Gasteiger partial charge in [-0.15, -0.1) is 11.3 Å². The van der Waals surface area contributed by atoms with E-state index in [-0.39, 0.29) is 11.7 Å². The fourth-order valence-electron chi connectivity index (χ4n) is 2.81. The highest BCUT2D eigenvalue weighted by atomic mass is 32.2. The Bertz CT molecular complexity index is 1170. The van der Waals surface area contributed by atoms with Crippen molar-refractivity contribution < 1.29 is 9.53 Å². The first-order valence-corrected chi connectivity index (χ1v) is 11.6. The van der Waals surface area contributed by atoms with Crippen LogP contribution in [0.3, 0.4) is 0 Å². The number of hydrazone groups is 1. The van der Waals surface area contributed by atoms with Crippen molar-refractivity contribution in [1.82, 2.24) is 10.4 Å². The van der Waals surface area contributed by atoms with Crippen LogP contribution in [0.4, 0.5) is 0 Å². The lowest BCUT2D eigenvalue weighted by molar-refractivity contribution is -0.118. The molecule has 1 amide bonds. The number of carbonyl (C=O) groups excluding carboxylic acids is 1. The van der Waals surface area contributed by atoms with Gasteiger partial charge in [0.05, 0.1) is 22.2 Å². The minimum Gasteiger partial charge on any atom is -0.488 e. The quantitative estimate of drug-likeness (QED) is 0.222. The number of hydrogen-bond donors (Lipinski definition) is 1. The summed E-state index contributed by atoms with van der Waals surface area (Å²) in [5.41, 5.74) is 6.64. The van der Waals surface area contributed by atoms with E-state index < -0.39 is 0 Å². The van der Waals surface area contributed by atoms with E-state index in [1.54, 1.807) is 17.6 Å². The lowest BCUT2D eigenvalue weighted by atomic mass is 10.1. The van der Waals surface area contributed by atoms with Crippen molar-refractivity contribution in [2.75, 3.05) is 5.75 Å². The van der Waals surface area contributed by atoms with Crippen LogP contribution < -0.4 is 10.2 Å². The number of rotatable bonds is 8. The Balaban J connectivity index is 1.29. The van der Waals surface area contributed by atoms with E-state index in [4.69, 9.17) is 4.74 Å². The van der Waals surface area contributed by atoms with Crippen molar-refractivity contribution in [3.63, 3.8) is 0 Å². The van der Waals surface area contributed by atoms with Crippen LogP contribution in [-0.2, 0) is 11.4 Å². The summed E-state index contributed by atoms with van der Waals surface area (Å²) in [7, 11) is 0. The number of carbonyl (C=O) groups is 1. The third kappa shape index (κ3) is 5.93.